The predicted molar refractivity (Wildman–Crippen MR) is 131 cm³/mol. The number of alkyl halides is 3. The highest BCUT2D eigenvalue weighted by Crippen LogP contribution is 2.32. The number of amides is 1. The van der Waals surface area contributed by atoms with Gasteiger partial charge in [-0.2, -0.15) is 18.3 Å². The second-order valence-corrected chi connectivity index (χ2v) is 8.14. The van der Waals surface area contributed by atoms with Gasteiger partial charge >= 0.3 is 6.18 Å². The third kappa shape index (κ3) is 5.87. The molecule has 0 aliphatic carbocycles. The van der Waals surface area contributed by atoms with Gasteiger partial charge < -0.3 is 15.8 Å². The van der Waals surface area contributed by atoms with Gasteiger partial charge in [-0.15, -0.1) is 0 Å². The van der Waals surface area contributed by atoms with E-state index < -0.39 is 35.4 Å². The van der Waals surface area contributed by atoms with Gasteiger partial charge in [0.05, 0.1) is 11.4 Å². The fourth-order valence-electron chi connectivity index (χ4n) is 3.86. The number of aromatic nitrogens is 2. The van der Waals surface area contributed by atoms with Gasteiger partial charge in [0.15, 0.2) is 5.69 Å². The Bertz CT molecular complexity index is 1390. The lowest BCUT2D eigenvalue weighted by Gasteiger charge is -2.19. The lowest BCUT2D eigenvalue weighted by atomic mass is 10.0. The van der Waals surface area contributed by atoms with Crippen molar-refractivity contribution in [3.8, 4) is 5.69 Å². The van der Waals surface area contributed by atoms with Crippen LogP contribution in [0.1, 0.15) is 45.9 Å². The molecule has 0 aliphatic rings. The topological polar surface area (TPSA) is 82.2 Å². The number of nitrogens with two attached hydrogens (primary N) is 1. The van der Waals surface area contributed by atoms with E-state index in [2.05, 4.69) is 10.4 Å². The van der Waals surface area contributed by atoms with E-state index in [0.29, 0.717) is 23.8 Å². The molecule has 37 heavy (non-hydrogen) atoms. The van der Waals surface area contributed by atoms with Gasteiger partial charge in [-0.1, -0.05) is 48.5 Å². The number of carbonyl (C=O) groups excluding carboxylic acids is 1. The van der Waals surface area contributed by atoms with Crippen molar-refractivity contribution in [1.29, 1.82) is 0 Å². The molecule has 0 radical (unpaired) electrons. The molecule has 3 aromatic carbocycles. The molecule has 0 spiro atoms. The molecule has 0 bridgehead atoms. The van der Waals surface area contributed by atoms with E-state index in [1.54, 1.807) is 12.1 Å². The first kappa shape index (κ1) is 26.1. The second-order valence-electron chi connectivity index (χ2n) is 8.14. The van der Waals surface area contributed by atoms with E-state index in [1.165, 1.54) is 30.3 Å². The fraction of sp³-hybridized carbons (Fsp3) is 0.185. The first-order valence-electron chi connectivity index (χ1n) is 11.4. The van der Waals surface area contributed by atoms with Crippen molar-refractivity contribution in [3.63, 3.8) is 0 Å². The number of nitrogens with zero attached hydrogens (tertiary/aromatic N) is 2. The minimum Gasteiger partial charge on any atom is -0.369 e. The normalized spacial score (nSPS) is 12.4. The summed E-state index contributed by atoms with van der Waals surface area (Å²) in [7, 11) is 0. The predicted octanol–water partition coefficient (Wildman–Crippen LogP) is 5.87. The zero-order valence-corrected chi connectivity index (χ0v) is 19.8. The Balaban J connectivity index is 1.71. The van der Waals surface area contributed by atoms with Gasteiger partial charge in [0.25, 0.3) is 5.91 Å². The summed E-state index contributed by atoms with van der Waals surface area (Å²) in [5, 5.41) is 5.99. The standard InChI is InChI=1S/C27H24F4N4O2/c1-2-37-25(18-8-4-3-5-9-18)19-11-12-21(28)22(14-19)33-26(36)23-15-24(27(29,30)31)34-35(23)20-10-6-7-17(13-20)16-32/h3-15,25H,2,16,32H2,1H3,(H,33,36). The Morgan fingerprint density at radius 1 is 1.03 bits per heavy atom. The van der Waals surface area contributed by atoms with Crippen molar-refractivity contribution < 1.29 is 27.1 Å². The van der Waals surface area contributed by atoms with Crippen LogP contribution in [0.25, 0.3) is 5.69 Å². The van der Waals surface area contributed by atoms with Crippen LogP contribution in [-0.2, 0) is 17.5 Å². The molecule has 1 atom stereocenters. The number of hydrogen-bond acceptors (Lipinski definition) is 4. The minimum absolute atomic E-state index is 0.142. The lowest BCUT2D eigenvalue weighted by molar-refractivity contribution is -0.141. The van der Waals surface area contributed by atoms with Gasteiger partial charge in [0.2, 0.25) is 0 Å². The van der Waals surface area contributed by atoms with Gasteiger partial charge in [0.1, 0.15) is 17.6 Å². The minimum atomic E-state index is -4.79. The molecular formula is C27H24F4N4O2. The molecule has 1 amide bonds. The molecule has 1 unspecified atom stereocenters. The SMILES string of the molecule is CCOC(c1ccccc1)c1ccc(F)c(NC(=O)c2cc(C(F)(F)F)nn2-c2cccc(CN)c2)c1. The largest absolute Gasteiger partial charge is 0.435 e. The third-order valence-corrected chi connectivity index (χ3v) is 5.60. The monoisotopic (exact) mass is 512 g/mol. The van der Waals surface area contributed by atoms with Gasteiger partial charge in [-0.3, -0.25) is 4.79 Å². The highest BCUT2D eigenvalue weighted by atomic mass is 19.4. The summed E-state index contributed by atoms with van der Waals surface area (Å²) in [5.74, 6) is -1.72. The Morgan fingerprint density at radius 3 is 2.46 bits per heavy atom. The van der Waals surface area contributed by atoms with E-state index in [9.17, 15) is 22.4 Å². The Morgan fingerprint density at radius 2 is 1.78 bits per heavy atom. The highest BCUT2D eigenvalue weighted by molar-refractivity contribution is 6.03. The summed E-state index contributed by atoms with van der Waals surface area (Å²) in [5.41, 5.74) is 5.98. The lowest BCUT2D eigenvalue weighted by Crippen LogP contribution is -2.18. The molecule has 0 fully saturated rings. The number of hydrogen-bond donors (Lipinski definition) is 2. The van der Waals surface area contributed by atoms with Crippen LogP contribution >= 0.6 is 0 Å². The number of anilines is 1. The molecule has 4 aromatic rings. The van der Waals surface area contributed by atoms with Crippen LogP contribution < -0.4 is 11.1 Å². The van der Waals surface area contributed by atoms with Crippen LogP contribution in [0.4, 0.5) is 23.2 Å². The second kappa shape index (κ2) is 10.9. The average Bonchev–Trinajstić information content (AvgIpc) is 3.36. The molecule has 0 saturated heterocycles. The Hall–Kier alpha value is -4.02. The van der Waals surface area contributed by atoms with E-state index in [0.717, 1.165) is 10.2 Å². The maximum absolute atomic E-state index is 14.7. The summed E-state index contributed by atoms with van der Waals surface area (Å²) in [4.78, 5) is 13.2. The van der Waals surface area contributed by atoms with Gasteiger partial charge in [-0.05, 0) is 47.9 Å². The Labute approximate surface area is 210 Å². The van der Waals surface area contributed by atoms with Crippen LogP contribution in [0.5, 0.6) is 0 Å². The van der Waals surface area contributed by atoms with E-state index >= 15 is 0 Å². The van der Waals surface area contributed by atoms with E-state index in [1.807, 2.05) is 37.3 Å². The number of benzene rings is 3. The zero-order chi connectivity index (χ0) is 26.6. The van der Waals surface area contributed by atoms with Gasteiger partial charge in [-0.25, -0.2) is 9.07 Å². The molecule has 1 aromatic heterocycles. The van der Waals surface area contributed by atoms with Crippen LogP contribution in [0.3, 0.4) is 0 Å². The van der Waals surface area contributed by atoms with E-state index in [-0.39, 0.29) is 17.9 Å². The first-order chi connectivity index (χ1) is 17.7. The Kier molecular flexibility index (Phi) is 7.70. The van der Waals surface area contributed by atoms with Crippen molar-refractivity contribution in [2.75, 3.05) is 11.9 Å². The average molecular weight is 513 g/mol. The van der Waals surface area contributed by atoms with Crippen LogP contribution in [-0.4, -0.2) is 22.3 Å². The zero-order valence-electron chi connectivity index (χ0n) is 19.8. The molecule has 10 heteroatoms. The van der Waals surface area contributed by atoms with Crippen LogP contribution in [0, 0.1) is 5.82 Å². The fourth-order valence-corrected chi connectivity index (χ4v) is 3.86. The van der Waals surface area contributed by atoms with Crippen molar-refractivity contribution in [1.82, 2.24) is 9.78 Å². The van der Waals surface area contributed by atoms with Crippen molar-refractivity contribution in [3.05, 3.63) is 113 Å². The molecule has 4 rings (SSSR count). The molecule has 192 valence electrons. The number of ether oxygens (including phenoxy) is 1. The summed E-state index contributed by atoms with van der Waals surface area (Å²) in [6.45, 7) is 2.34. The number of carbonyl (C=O) groups is 1. The van der Waals surface area contributed by atoms with Gasteiger partial charge in [0, 0.05) is 19.2 Å². The van der Waals surface area contributed by atoms with Crippen molar-refractivity contribution in [2.24, 2.45) is 5.73 Å². The first-order valence-corrected chi connectivity index (χ1v) is 11.4. The molecule has 1 heterocycles. The summed E-state index contributed by atoms with van der Waals surface area (Å²) < 4.78 is 61.9. The summed E-state index contributed by atoms with van der Waals surface area (Å²) >= 11 is 0. The smallest absolute Gasteiger partial charge is 0.369 e. The number of rotatable bonds is 8. The van der Waals surface area contributed by atoms with Crippen molar-refractivity contribution in [2.45, 2.75) is 25.7 Å². The third-order valence-electron chi connectivity index (χ3n) is 5.60. The summed E-state index contributed by atoms with van der Waals surface area (Å²) in [6, 6.07) is 20.3. The molecule has 3 N–H and O–H groups in total. The summed E-state index contributed by atoms with van der Waals surface area (Å²) in [6.07, 6.45) is -5.33. The molecule has 0 aliphatic heterocycles. The number of nitrogens with one attached hydrogen (secondary N) is 1. The maximum Gasteiger partial charge on any atom is 0.435 e. The van der Waals surface area contributed by atoms with Crippen molar-refractivity contribution >= 4 is 11.6 Å². The highest BCUT2D eigenvalue weighted by Gasteiger charge is 2.36. The van der Waals surface area contributed by atoms with Crippen LogP contribution in [0.2, 0.25) is 0 Å². The molecular weight excluding hydrogens is 488 g/mol. The number of halogens is 4. The van der Waals surface area contributed by atoms with E-state index in [4.69, 9.17) is 10.5 Å². The quantitative estimate of drug-likeness (QED) is 0.290. The maximum atomic E-state index is 14.7. The molecule has 0 saturated carbocycles. The van der Waals surface area contributed by atoms with Crippen LogP contribution in [0.15, 0.2) is 78.9 Å². The molecule has 6 nitrogen and oxygen atoms in total.